The molecule has 0 saturated carbocycles. The summed E-state index contributed by atoms with van der Waals surface area (Å²) in [5.41, 5.74) is 4.13. The molecule has 1 atom stereocenters. The molecule has 1 aliphatic rings. The standard InChI is InChI=1S/C33H28N4O5S/c1-4-42-32(39)29-21(3)34-33-36(30(29)23-15-14-20(2)27(16-23)37(40)41)31(38)28(43-33)17-24-19-35(18-22-10-6-5-7-11-22)26-13-9-8-12-25(24)26/h5-17,19,30H,4,18H2,1-3H3/b28-17+/t30-/m1/s1. The Labute approximate surface area is 250 Å². The second kappa shape index (κ2) is 11.3. The van der Waals surface area contributed by atoms with Crippen LogP contribution in [0.4, 0.5) is 5.69 Å². The Morgan fingerprint density at radius 1 is 1.09 bits per heavy atom. The first-order chi connectivity index (χ1) is 20.8. The number of aryl methyl sites for hydroxylation is 1. The molecule has 0 fully saturated rings. The monoisotopic (exact) mass is 592 g/mol. The number of thiazole rings is 1. The average Bonchev–Trinajstić information content (AvgIpc) is 3.49. The molecule has 10 heteroatoms. The number of aromatic nitrogens is 2. The van der Waals surface area contributed by atoms with E-state index in [1.54, 1.807) is 32.9 Å². The minimum Gasteiger partial charge on any atom is -0.463 e. The third-order valence-electron chi connectivity index (χ3n) is 7.56. The first kappa shape index (κ1) is 28.0. The van der Waals surface area contributed by atoms with Gasteiger partial charge in [-0.3, -0.25) is 19.5 Å². The second-order valence-corrected chi connectivity index (χ2v) is 11.3. The molecule has 0 bridgehead atoms. The normalized spacial score (nSPS) is 15.0. The fourth-order valence-electron chi connectivity index (χ4n) is 5.54. The van der Waals surface area contributed by atoms with E-state index in [0.29, 0.717) is 32.7 Å². The SMILES string of the molecule is CCOC(=O)C1=C(C)N=c2s/c(=C/c3cn(Cc4ccccc4)c4ccccc34)c(=O)n2[C@@H]1c1ccc(C)c([N+](=O)[O-])c1. The summed E-state index contributed by atoms with van der Waals surface area (Å²) in [5.74, 6) is -0.616. The van der Waals surface area contributed by atoms with Crippen molar-refractivity contribution < 1.29 is 14.5 Å². The molecule has 0 saturated heterocycles. The number of nitrogens with zero attached hydrogens (tertiary/aromatic N) is 4. The summed E-state index contributed by atoms with van der Waals surface area (Å²) in [5, 5.41) is 12.8. The summed E-state index contributed by atoms with van der Waals surface area (Å²) in [6.07, 6.45) is 3.89. The Hall–Kier alpha value is -5.09. The van der Waals surface area contributed by atoms with Crippen LogP contribution in [0.2, 0.25) is 0 Å². The lowest BCUT2D eigenvalue weighted by molar-refractivity contribution is -0.385. The van der Waals surface area contributed by atoms with Crippen LogP contribution >= 0.6 is 11.3 Å². The van der Waals surface area contributed by atoms with E-state index in [4.69, 9.17) is 4.74 Å². The van der Waals surface area contributed by atoms with Gasteiger partial charge in [-0.15, -0.1) is 0 Å². The first-order valence-electron chi connectivity index (χ1n) is 13.8. The molecular formula is C33H28N4O5S. The molecule has 0 spiro atoms. The van der Waals surface area contributed by atoms with Gasteiger partial charge in [0.1, 0.15) is 0 Å². The van der Waals surface area contributed by atoms with E-state index in [1.165, 1.54) is 22.0 Å². The number of rotatable bonds is 7. The molecule has 5 aromatic rings. The van der Waals surface area contributed by atoms with E-state index in [1.807, 2.05) is 48.7 Å². The molecule has 2 aromatic heterocycles. The van der Waals surface area contributed by atoms with E-state index >= 15 is 0 Å². The zero-order valence-corrected chi connectivity index (χ0v) is 24.6. The first-order valence-corrected chi connectivity index (χ1v) is 14.6. The molecular weight excluding hydrogens is 564 g/mol. The van der Waals surface area contributed by atoms with Gasteiger partial charge >= 0.3 is 5.97 Å². The van der Waals surface area contributed by atoms with Gasteiger partial charge in [0.05, 0.1) is 33.4 Å². The van der Waals surface area contributed by atoms with Crippen LogP contribution in [0.3, 0.4) is 0 Å². The van der Waals surface area contributed by atoms with Gasteiger partial charge in [-0.2, -0.15) is 0 Å². The van der Waals surface area contributed by atoms with Gasteiger partial charge in [0, 0.05) is 40.8 Å². The van der Waals surface area contributed by atoms with Gasteiger partial charge in [0.15, 0.2) is 4.80 Å². The lowest BCUT2D eigenvalue weighted by Crippen LogP contribution is -2.40. The number of benzene rings is 3. The zero-order chi connectivity index (χ0) is 30.2. The number of ether oxygens (including phenoxy) is 1. The summed E-state index contributed by atoms with van der Waals surface area (Å²) in [4.78, 5) is 43.7. The van der Waals surface area contributed by atoms with Gasteiger partial charge < -0.3 is 9.30 Å². The molecule has 0 amide bonds. The highest BCUT2D eigenvalue weighted by Crippen LogP contribution is 2.33. The van der Waals surface area contributed by atoms with Crippen molar-refractivity contribution in [1.29, 1.82) is 0 Å². The number of fused-ring (bicyclic) bond motifs is 2. The number of hydrogen-bond donors (Lipinski definition) is 0. The number of esters is 1. The predicted octanol–water partition coefficient (Wildman–Crippen LogP) is 5.02. The predicted molar refractivity (Wildman–Crippen MR) is 166 cm³/mol. The third kappa shape index (κ3) is 5.10. The highest BCUT2D eigenvalue weighted by molar-refractivity contribution is 7.07. The second-order valence-electron chi connectivity index (χ2n) is 10.3. The lowest BCUT2D eigenvalue weighted by atomic mass is 9.94. The van der Waals surface area contributed by atoms with Crippen LogP contribution in [0.5, 0.6) is 0 Å². The number of nitro benzene ring substituents is 1. The molecule has 6 rings (SSSR count). The van der Waals surface area contributed by atoms with Crippen molar-refractivity contribution in [2.75, 3.05) is 6.61 Å². The van der Waals surface area contributed by atoms with Crippen LogP contribution in [0, 0.1) is 17.0 Å². The van der Waals surface area contributed by atoms with Crippen molar-refractivity contribution >= 4 is 40.0 Å². The van der Waals surface area contributed by atoms with E-state index in [0.717, 1.165) is 22.0 Å². The maximum absolute atomic E-state index is 14.1. The number of carbonyl (C=O) groups is 1. The Kier molecular flexibility index (Phi) is 7.37. The lowest BCUT2D eigenvalue weighted by Gasteiger charge is -2.24. The van der Waals surface area contributed by atoms with Crippen LogP contribution in [0.1, 0.15) is 42.1 Å². The van der Waals surface area contributed by atoms with Gasteiger partial charge in [0.2, 0.25) is 0 Å². The van der Waals surface area contributed by atoms with Crippen molar-refractivity contribution in [3.05, 3.63) is 142 Å². The summed E-state index contributed by atoms with van der Waals surface area (Å²) in [6, 6.07) is 22.0. The molecule has 0 N–H and O–H groups in total. The smallest absolute Gasteiger partial charge is 0.338 e. The molecule has 3 aromatic carbocycles. The number of para-hydroxylation sites is 1. The van der Waals surface area contributed by atoms with Gasteiger partial charge in [-0.05, 0) is 44.0 Å². The fourth-order valence-corrected chi connectivity index (χ4v) is 6.58. The Morgan fingerprint density at radius 2 is 1.84 bits per heavy atom. The summed E-state index contributed by atoms with van der Waals surface area (Å²) in [7, 11) is 0. The average molecular weight is 593 g/mol. The minimum absolute atomic E-state index is 0.0938. The van der Waals surface area contributed by atoms with E-state index in [2.05, 4.69) is 27.8 Å². The largest absolute Gasteiger partial charge is 0.463 e. The maximum atomic E-state index is 14.1. The van der Waals surface area contributed by atoms with Crippen molar-refractivity contribution in [1.82, 2.24) is 9.13 Å². The molecule has 0 unspecified atom stereocenters. The zero-order valence-electron chi connectivity index (χ0n) is 23.8. The molecule has 216 valence electrons. The van der Waals surface area contributed by atoms with Crippen molar-refractivity contribution in [2.45, 2.75) is 33.4 Å². The van der Waals surface area contributed by atoms with Crippen molar-refractivity contribution in [2.24, 2.45) is 4.99 Å². The minimum atomic E-state index is -0.934. The summed E-state index contributed by atoms with van der Waals surface area (Å²) >= 11 is 1.22. The summed E-state index contributed by atoms with van der Waals surface area (Å²) < 4.78 is 9.39. The van der Waals surface area contributed by atoms with Crippen LogP contribution in [0.25, 0.3) is 17.0 Å². The van der Waals surface area contributed by atoms with Crippen LogP contribution in [0.15, 0.2) is 100 Å². The molecule has 43 heavy (non-hydrogen) atoms. The Balaban J connectivity index is 1.54. The molecule has 0 radical (unpaired) electrons. The van der Waals surface area contributed by atoms with Crippen LogP contribution in [-0.2, 0) is 16.1 Å². The molecule has 9 nitrogen and oxygen atoms in total. The van der Waals surface area contributed by atoms with Gasteiger partial charge in [-0.1, -0.05) is 72.0 Å². The van der Waals surface area contributed by atoms with Crippen LogP contribution < -0.4 is 14.9 Å². The van der Waals surface area contributed by atoms with Crippen molar-refractivity contribution in [3.63, 3.8) is 0 Å². The topological polar surface area (TPSA) is 109 Å². The maximum Gasteiger partial charge on any atom is 0.338 e. The highest BCUT2D eigenvalue weighted by Gasteiger charge is 2.34. The quantitative estimate of drug-likeness (QED) is 0.150. The van der Waals surface area contributed by atoms with E-state index in [9.17, 15) is 19.7 Å². The molecule has 3 heterocycles. The van der Waals surface area contributed by atoms with Gasteiger partial charge in [-0.25, -0.2) is 9.79 Å². The molecule has 1 aliphatic heterocycles. The number of nitro groups is 1. The van der Waals surface area contributed by atoms with E-state index in [-0.39, 0.29) is 23.4 Å². The fraction of sp³-hybridized carbons (Fsp3) is 0.182. The number of carbonyl (C=O) groups excluding carboxylic acids is 1. The highest BCUT2D eigenvalue weighted by atomic mass is 32.1. The molecule has 0 aliphatic carbocycles. The van der Waals surface area contributed by atoms with E-state index < -0.39 is 16.9 Å². The Morgan fingerprint density at radius 3 is 2.58 bits per heavy atom. The van der Waals surface area contributed by atoms with Crippen molar-refractivity contribution in [3.8, 4) is 0 Å². The van der Waals surface area contributed by atoms with Gasteiger partial charge in [0.25, 0.3) is 11.2 Å². The summed E-state index contributed by atoms with van der Waals surface area (Å²) in [6.45, 7) is 5.84. The van der Waals surface area contributed by atoms with Crippen LogP contribution in [-0.4, -0.2) is 26.6 Å². The number of hydrogen-bond acceptors (Lipinski definition) is 7. The number of allylic oxidation sites excluding steroid dienone is 1. The third-order valence-corrected chi connectivity index (χ3v) is 8.55. The Bertz CT molecular complexity index is 2120.